The van der Waals surface area contributed by atoms with Crippen LogP contribution in [0.4, 0.5) is 0 Å². The molecule has 9 rings (SSSR count). The van der Waals surface area contributed by atoms with Crippen molar-refractivity contribution in [1.29, 1.82) is 0 Å². The van der Waals surface area contributed by atoms with Crippen molar-refractivity contribution in [2.24, 2.45) is 5.92 Å². The molecule has 0 aromatic heterocycles. The van der Waals surface area contributed by atoms with Crippen LogP contribution in [0, 0.1) is 12.8 Å². The fourth-order valence-corrected chi connectivity index (χ4v) is 8.72. The molecule has 2 aliphatic rings. The molecule has 1 heterocycles. The highest BCUT2D eigenvalue weighted by Gasteiger charge is 2.26. The molecule has 2 bridgehead atoms. The van der Waals surface area contributed by atoms with Crippen LogP contribution < -0.4 is 10.9 Å². The number of rotatable bonds is 4. The molecule has 1 atom stereocenters. The Labute approximate surface area is 291 Å². The van der Waals surface area contributed by atoms with Crippen LogP contribution in [-0.4, -0.2) is 7.28 Å². The van der Waals surface area contributed by atoms with Crippen LogP contribution in [-0.2, 0) is 19.3 Å². The van der Waals surface area contributed by atoms with Gasteiger partial charge in [-0.3, -0.25) is 0 Å². The lowest BCUT2D eigenvalue weighted by atomic mass is 9.60. The number of hydrogen-bond donors (Lipinski definition) is 0. The Bertz CT molecular complexity index is 2410. The molecule has 0 N–H and O–H groups in total. The van der Waals surface area contributed by atoms with Gasteiger partial charge in [0.05, 0.1) is 0 Å². The second kappa shape index (κ2) is 12.4. The summed E-state index contributed by atoms with van der Waals surface area (Å²) in [6, 6.07) is 49.9. The summed E-state index contributed by atoms with van der Waals surface area (Å²) >= 11 is 0. The minimum absolute atomic E-state index is 0.610. The van der Waals surface area contributed by atoms with Gasteiger partial charge in [0, 0.05) is 0 Å². The lowest BCUT2D eigenvalue weighted by molar-refractivity contribution is 0.504. The van der Waals surface area contributed by atoms with Gasteiger partial charge in [0.25, 0.3) is 0 Å². The molecular formula is C48H40B. The first-order valence-electron chi connectivity index (χ1n) is 18.0. The van der Waals surface area contributed by atoms with Crippen molar-refractivity contribution in [2.75, 3.05) is 0 Å². The Kier molecular flexibility index (Phi) is 7.58. The summed E-state index contributed by atoms with van der Waals surface area (Å²) in [4.78, 5) is 0. The topological polar surface area (TPSA) is 0 Å². The summed E-state index contributed by atoms with van der Waals surface area (Å²) in [5.41, 5.74) is 18.3. The zero-order chi connectivity index (χ0) is 32.9. The van der Waals surface area contributed by atoms with Crippen LogP contribution in [0.2, 0.25) is 0 Å². The summed E-state index contributed by atoms with van der Waals surface area (Å²) in [7, 11) is 2.45. The second-order valence-corrected chi connectivity index (χ2v) is 14.1. The van der Waals surface area contributed by atoms with Crippen LogP contribution in [0.3, 0.4) is 0 Å². The van der Waals surface area contributed by atoms with Gasteiger partial charge < -0.3 is 0 Å². The molecule has 0 saturated heterocycles. The minimum Gasteiger partial charge on any atom is -0.0783 e. The molecule has 1 radical (unpaired) electrons. The summed E-state index contributed by atoms with van der Waals surface area (Å²) < 4.78 is 0. The Balaban J connectivity index is 1.30. The Morgan fingerprint density at radius 2 is 1.33 bits per heavy atom. The molecule has 0 nitrogen and oxygen atoms in total. The molecule has 0 saturated carbocycles. The average molecular weight is 628 g/mol. The fraction of sp³-hybridized carbons (Fsp3) is 0.167. The predicted molar refractivity (Wildman–Crippen MR) is 212 cm³/mol. The molecule has 7 aromatic rings. The molecule has 7 aromatic carbocycles. The second-order valence-electron chi connectivity index (χ2n) is 14.1. The molecule has 0 fully saturated rings. The maximum atomic E-state index is 2.58. The van der Waals surface area contributed by atoms with Crippen molar-refractivity contribution in [2.45, 2.75) is 46.0 Å². The number of allylic oxidation sites excluding steroid dienone is 1. The van der Waals surface area contributed by atoms with E-state index in [4.69, 9.17) is 0 Å². The Hall–Kier alpha value is -5.14. The van der Waals surface area contributed by atoms with E-state index in [1.165, 1.54) is 100 Å². The van der Waals surface area contributed by atoms with Gasteiger partial charge in [-0.1, -0.05) is 163 Å². The fourth-order valence-electron chi connectivity index (χ4n) is 8.72. The van der Waals surface area contributed by atoms with Crippen molar-refractivity contribution in [3.05, 3.63) is 167 Å². The number of fused-ring (bicyclic) bond motifs is 6. The van der Waals surface area contributed by atoms with Crippen molar-refractivity contribution in [1.82, 2.24) is 0 Å². The molecule has 1 unspecified atom stereocenters. The highest BCUT2D eigenvalue weighted by molar-refractivity contribution is 6.68. The third-order valence-corrected chi connectivity index (χ3v) is 11.4. The largest absolute Gasteiger partial charge is 0.192 e. The molecular weight excluding hydrogens is 587 g/mol. The van der Waals surface area contributed by atoms with E-state index >= 15 is 0 Å². The Morgan fingerprint density at radius 3 is 2.16 bits per heavy atom. The third kappa shape index (κ3) is 5.24. The molecule has 0 spiro atoms. The van der Waals surface area contributed by atoms with E-state index in [-0.39, 0.29) is 0 Å². The lowest BCUT2D eigenvalue weighted by Crippen LogP contribution is -2.32. The first kappa shape index (κ1) is 30.0. The smallest absolute Gasteiger partial charge is 0.0783 e. The zero-order valence-electron chi connectivity index (χ0n) is 28.5. The van der Waals surface area contributed by atoms with Crippen molar-refractivity contribution in [3.63, 3.8) is 0 Å². The van der Waals surface area contributed by atoms with Crippen molar-refractivity contribution in [3.8, 4) is 22.3 Å². The van der Waals surface area contributed by atoms with Gasteiger partial charge in [-0.25, -0.2) is 0 Å². The summed E-state index contributed by atoms with van der Waals surface area (Å²) in [6.07, 6.45) is 8.04. The Morgan fingerprint density at radius 1 is 0.592 bits per heavy atom. The van der Waals surface area contributed by atoms with Gasteiger partial charge in [-0.2, -0.15) is 0 Å². The van der Waals surface area contributed by atoms with E-state index < -0.39 is 0 Å². The predicted octanol–water partition coefficient (Wildman–Crippen LogP) is 10.9. The maximum absolute atomic E-state index is 2.58. The van der Waals surface area contributed by atoms with E-state index in [1.807, 2.05) is 0 Å². The normalized spacial score (nSPS) is 15.4. The highest BCUT2D eigenvalue weighted by atomic mass is 14.3. The summed E-state index contributed by atoms with van der Waals surface area (Å²) in [5, 5.41) is 5.22. The standard InChI is InChI=1S/C48H40B/c1-3-32-27-35-17-11-21-45(31(35)2)49-46-22-12-20-39(43(46)28-32)37-25-26-42-44(30-37)48(38-24-23-33-13-7-8-16-36(33)29-38)41-19-10-9-18-40(41)47(42)34-14-5-4-6-15-34/h4-24,29-30,32H,3,25-28H2,1-2H3. The van der Waals surface area contributed by atoms with Crippen molar-refractivity contribution < 1.29 is 0 Å². The van der Waals surface area contributed by atoms with Crippen LogP contribution in [0.1, 0.15) is 53.1 Å². The zero-order valence-corrected chi connectivity index (χ0v) is 28.5. The quantitative estimate of drug-likeness (QED) is 0.170. The SMILES string of the molecule is CCC1Cc2cccc(c2C)[B]c2cccc(C3=Cc4c(c(-c5ccccc5)c5ccccc5c4-c4ccc5ccccc5c4)CC3)c2C1. The minimum atomic E-state index is 0.610. The number of hydrogen-bond acceptors (Lipinski definition) is 0. The highest BCUT2D eigenvalue weighted by Crippen LogP contribution is 2.47. The van der Waals surface area contributed by atoms with Crippen LogP contribution in [0.15, 0.2) is 133 Å². The van der Waals surface area contributed by atoms with E-state index in [1.54, 1.807) is 0 Å². The van der Waals surface area contributed by atoms with E-state index in [0.29, 0.717) is 5.92 Å². The first-order chi connectivity index (χ1) is 24.2. The van der Waals surface area contributed by atoms with Gasteiger partial charge >= 0.3 is 0 Å². The molecule has 1 aliphatic carbocycles. The van der Waals surface area contributed by atoms with Crippen LogP contribution in [0.5, 0.6) is 0 Å². The molecule has 235 valence electrons. The van der Waals surface area contributed by atoms with Crippen molar-refractivity contribution >= 4 is 51.4 Å². The molecule has 1 aliphatic heterocycles. The summed E-state index contributed by atoms with van der Waals surface area (Å²) in [5.74, 6) is 0.610. The first-order valence-corrected chi connectivity index (χ1v) is 18.0. The molecule has 49 heavy (non-hydrogen) atoms. The van der Waals surface area contributed by atoms with Gasteiger partial charge in [-0.15, -0.1) is 0 Å². The maximum Gasteiger partial charge on any atom is 0.192 e. The third-order valence-electron chi connectivity index (χ3n) is 11.4. The monoisotopic (exact) mass is 627 g/mol. The van der Waals surface area contributed by atoms with Gasteiger partial charge in [-0.05, 0) is 122 Å². The molecule has 1 heteroatoms. The van der Waals surface area contributed by atoms with Gasteiger partial charge in [0.1, 0.15) is 0 Å². The average Bonchev–Trinajstić information content (AvgIpc) is 3.17. The number of benzene rings is 7. The van der Waals surface area contributed by atoms with Crippen LogP contribution in [0.25, 0.3) is 55.4 Å². The molecule has 0 amide bonds. The van der Waals surface area contributed by atoms with Gasteiger partial charge in [0.2, 0.25) is 0 Å². The van der Waals surface area contributed by atoms with Crippen LogP contribution >= 0.6 is 0 Å². The summed E-state index contributed by atoms with van der Waals surface area (Å²) in [6.45, 7) is 4.68. The van der Waals surface area contributed by atoms with E-state index in [9.17, 15) is 0 Å². The van der Waals surface area contributed by atoms with E-state index in [0.717, 1.165) is 25.7 Å². The van der Waals surface area contributed by atoms with E-state index in [2.05, 4.69) is 161 Å². The lowest BCUT2D eigenvalue weighted by Gasteiger charge is -2.28. The van der Waals surface area contributed by atoms with Gasteiger partial charge in [0.15, 0.2) is 7.28 Å².